The first-order valence-electron chi connectivity index (χ1n) is 6.04. The van der Waals surface area contributed by atoms with Gasteiger partial charge in [0.15, 0.2) is 0 Å². The third-order valence-corrected chi connectivity index (χ3v) is 4.58. The maximum Gasteiger partial charge on any atom is 0.213 e. The monoisotopic (exact) mass is 392 g/mol. The number of halogens is 1. The average molecular weight is 392 g/mol. The highest BCUT2D eigenvalue weighted by molar-refractivity contribution is 14.1. The van der Waals surface area contributed by atoms with Crippen LogP contribution < -0.4 is 5.14 Å². The van der Waals surface area contributed by atoms with Gasteiger partial charge in [-0.15, -0.1) is 0 Å². The van der Waals surface area contributed by atoms with Crippen molar-refractivity contribution >= 4 is 43.5 Å². The zero-order valence-electron chi connectivity index (χ0n) is 10.8. The van der Waals surface area contributed by atoms with Crippen molar-refractivity contribution in [1.29, 1.82) is 0 Å². The lowest BCUT2D eigenvalue weighted by Gasteiger charge is -2.02. The summed E-state index contributed by atoms with van der Waals surface area (Å²) in [6.45, 7) is 0. The summed E-state index contributed by atoms with van der Waals surface area (Å²) >= 11 is 2.37. The molecule has 0 atom stereocenters. The molecule has 6 heteroatoms. The Hall–Kier alpha value is -0.600. The fourth-order valence-electron chi connectivity index (χ4n) is 2.30. The van der Waals surface area contributed by atoms with Crippen molar-refractivity contribution in [2.75, 3.05) is 4.43 Å². The van der Waals surface area contributed by atoms with E-state index in [1.54, 1.807) is 0 Å². The van der Waals surface area contributed by atoms with E-state index in [1.807, 2.05) is 25.2 Å². The predicted molar refractivity (Wildman–Crippen MR) is 86.9 cm³/mol. The molecular weight excluding hydrogens is 375 g/mol. The Labute approximate surface area is 127 Å². The quantitative estimate of drug-likeness (QED) is 0.627. The average Bonchev–Trinajstić information content (AvgIpc) is 2.61. The molecule has 2 N–H and O–H groups in total. The molecule has 0 aliphatic rings. The van der Waals surface area contributed by atoms with E-state index in [1.165, 1.54) is 5.56 Å². The Balaban J connectivity index is 2.44. The van der Waals surface area contributed by atoms with Crippen molar-refractivity contribution in [3.8, 4) is 0 Å². The molecule has 0 aliphatic carbocycles. The maximum absolute atomic E-state index is 11.2. The zero-order valence-corrected chi connectivity index (χ0v) is 13.7. The summed E-state index contributed by atoms with van der Waals surface area (Å²) in [7, 11) is -1.47. The van der Waals surface area contributed by atoms with Gasteiger partial charge in [-0.05, 0) is 40.5 Å². The lowest BCUT2D eigenvalue weighted by atomic mass is 10.1. The molecule has 1 heterocycles. The topological polar surface area (TPSA) is 65.1 Å². The van der Waals surface area contributed by atoms with Crippen LogP contribution in [0.4, 0.5) is 0 Å². The number of aryl methyl sites for hydroxylation is 2. The van der Waals surface area contributed by atoms with Gasteiger partial charge in [-0.25, -0.2) is 13.6 Å². The first kappa shape index (κ1) is 14.8. The smallest absolute Gasteiger partial charge is 0.213 e. The number of sulfonamides is 1. The molecule has 0 amide bonds. The summed E-state index contributed by atoms with van der Waals surface area (Å²) in [4.78, 5) is 0. The van der Waals surface area contributed by atoms with Crippen molar-refractivity contribution in [3.05, 3.63) is 35.5 Å². The number of nitrogens with zero attached hydrogens (tertiary/aromatic N) is 1. The first-order chi connectivity index (χ1) is 8.90. The summed E-state index contributed by atoms with van der Waals surface area (Å²) in [6.07, 6.45) is 4.26. The van der Waals surface area contributed by atoms with E-state index >= 15 is 0 Å². The van der Waals surface area contributed by atoms with Gasteiger partial charge in [-0.1, -0.05) is 28.7 Å². The van der Waals surface area contributed by atoms with Gasteiger partial charge in [0.1, 0.15) is 0 Å². The molecule has 0 unspecified atom stereocenters. The number of rotatable bonds is 5. The summed E-state index contributed by atoms with van der Waals surface area (Å²) in [5.74, 6) is -0.108. The van der Waals surface area contributed by atoms with Crippen LogP contribution in [-0.4, -0.2) is 17.4 Å². The van der Waals surface area contributed by atoms with Gasteiger partial charge in [0.25, 0.3) is 0 Å². The van der Waals surface area contributed by atoms with E-state index in [4.69, 9.17) is 5.14 Å². The molecule has 0 aliphatic heterocycles. The van der Waals surface area contributed by atoms with Gasteiger partial charge in [0, 0.05) is 24.1 Å². The Morgan fingerprint density at radius 1 is 1.37 bits per heavy atom. The minimum atomic E-state index is -3.48. The van der Waals surface area contributed by atoms with Gasteiger partial charge < -0.3 is 4.57 Å². The molecule has 0 spiro atoms. The lowest BCUT2D eigenvalue weighted by Crippen LogP contribution is -2.14. The van der Waals surface area contributed by atoms with Crippen LogP contribution in [0.15, 0.2) is 24.4 Å². The maximum atomic E-state index is 11.2. The molecule has 0 saturated heterocycles. The van der Waals surface area contributed by atoms with E-state index < -0.39 is 10.0 Å². The van der Waals surface area contributed by atoms with Crippen LogP contribution in [0.5, 0.6) is 0 Å². The molecule has 1 aromatic heterocycles. The van der Waals surface area contributed by atoms with Crippen LogP contribution in [0.1, 0.15) is 17.5 Å². The van der Waals surface area contributed by atoms with Crippen molar-refractivity contribution in [2.45, 2.75) is 18.6 Å². The van der Waals surface area contributed by atoms with Gasteiger partial charge in [0.2, 0.25) is 10.0 Å². The summed E-state index contributed by atoms with van der Waals surface area (Å²) in [6, 6.07) is 5.74. The standard InChI is InChI=1S/C13H17IN2O2S/c1-16-8-11(3-2-6-14)12-7-10(4-5-13(12)16)9-19(15,17)18/h4-5,7-8H,2-3,6,9H2,1H3,(H2,15,17,18). The minimum absolute atomic E-state index is 0.108. The van der Waals surface area contributed by atoms with Crippen LogP contribution in [0.3, 0.4) is 0 Å². The molecule has 0 fully saturated rings. The third kappa shape index (κ3) is 3.70. The van der Waals surface area contributed by atoms with E-state index in [2.05, 4.69) is 33.4 Å². The van der Waals surface area contributed by atoms with Crippen LogP contribution in [0.2, 0.25) is 0 Å². The predicted octanol–water partition coefficient (Wildman–Crippen LogP) is 2.33. The second-order valence-electron chi connectivity index (χ2n) is 4.72. The van der Waals surface area contributed by atoms with E-state index in [-0.39, 0.29) is 5.75 Å². The van der Waals surface area contributed by atoms with Crippen LogP contribution in [0.25, 0.3) is 10.9 Å². The number of fused-ring (bicyclic) bond motifs is 1. The van der Waals surface area contributed by atoms with E-state index in [0.717, 1.165) is 33.7 Å². The van der Waals surface area contributed by atoms with Crippen LogP contribution >= 0.6 is 22.6 Å². The number of nitrogens with two attached hydrogens (primary N) is 1. The molecule has 2 rings (SSSR count). The summed E-state index contributed by atoms with van der Waals surface area (Å²) < 4.78 is 25.5. The molecule has 0 bridgehead atoms. The minimum Gasteiger partial charge on any atom is -0.350 e. The largest absolute Gasteiger partial charge is 0.350 e. The molecule has 0 radical (unpaired) electrons. The summed E-state index contributed by atoms with van der Waals surface area (Å²) in [5.41, 5.74) is 3.14. The highest BCUT2D eigenvalue weighted by Gasteiger charge is 2.10. The highest BCUT2D eigenvalue weighted by Crippen LogP contribution is 2.24. The molecular formula is C13H17IN2O2S. The van der Waals surface area contributed by atoms with Gasteiger partial charge in [-0.3, -0.25) is 0 Å². The number of aromatic nitrogens is 1. The van der Waals surface area contributed by atoms with Gasteiger partial charge in [-0.2, -0.15) is 0 Å². The number of primary sulfonamides is 1. The number of benzene rings is 1. The fraction of sp³-hybridized carbons (Fsp3) is 0.385. The second-order valence-corrected chi connectivity index (χ2v) is 7.41. The second kappa shape index (κ2) is 5.80. The normalized spacial score (nSPS) is 12.2. The van der Waals surface area contributed by atoms with Gasteiger partial charge >= 0.3 is 0 Å². The van der Waals surface area contributed by atoms with E-state index in [9.17, 15) is 8.42 Å². The number of hydrogen-bond acceptors (Lipinski definition) is 2. The lowest BCUT2D eigenvalue weighted by molar-refractivity contribution is 0.597. The number of alkyl halides is 1. The SMILES string of the molecule is Cn1cc(CCCI)c2cc(CS(N)(=O)=O)ccc21. The Bertz CT molecular complexity index is 692. The van der Waals surface area contributed by atoms with Crippen molar-refractivity contribution < 1.29 is 8.42 Å². The van der Waals surface area contributed by atoms with Crippen molar-refractivity contribution in [1.82, 2.24) is 4.57 Å². The Morgan fingerprint density at radius 3 is 2.74 bits per heavy atom. The molecule has 104 valence electrons. The molecule has 2 aromatic rings. The third-order valence-electron chi connectivity index (χ3n) is 3.08. The fourth-order valence-corrected chi connectivity index (χ4v) is 3.32. The van der Waals surface area contributed by atoms with Crippen LogP contribution in [0, 0.1) is 0 Å². The molecule has 0 saturated carbocycles. The van der Waals surface area contributed by atoms with Crippen LogP contribution in [-0.2, 0) is 29.2 Å². The van der Waals surface area contributed by atoms with Crippen molar-refractivity contribution in [2.24, 2.45) is 12.2 Å². The summed E-state index contributed by atoms with van der Waals surface area (Å²) in [5, 5.41) is 6.23. The number of hydrogen-bond donors (Lipinski definition) is 1. The molecule has 19 heavy (non-hydrogen) atoms. The zero-order chi connectivity index (χ0) is 14.0. The molecule has 4 nitrogen and oxygen atoms in total. The first-order valence-corrected chi connectivity index (χ1v) is 9.28. The Kier molecular flexibility index (Phi) is 4.52. The van der Waals surface area contributed by atoms with Gasteiger partial charge in [0.05, 0.1) is 5.75 Å². The Morgan fingerprint density at radius 2 is 2.11 bits per heavy atom. The highest BCUT2D eigenvalue weighted by atomic mass is 127. The molecule has 1 aromatic carbocycles. The van der Waals surface area contributed by atoms with E-state index in [0.29, 0.717) is 0 Å². The van der Waals surface area contributed by atoms with Crippen molar-refractivity contribution in [3.63, 3.8) is 0 Å².